The van der Waals surface area contributed by atoms with Gasteiger partial charge in [-0.15, -0.1) is 0 Å². The van der Waals surface area contributed by atoms with Gasteiger partial charge >= 0.3 is 0 Å². The number of hydrogen-bond donors (Lipinski definition) is 1. The Morgan fingerprint density at radius 2 is 1.74 bits per heavy atom. The van der Waals surface area contributed by atoms with Crippen LogP contribution >= 0.6 is 0 Å². The third kappa shape index (κ3) is 6.08. The van der Waals surface area contributed by atoms with Gasteiger partial charge in [0.15, 0.2) is 0 Å². The first-order chi connectivity index (χ1) is 12.8. The van der Waals surface area contributed by atoms with E-state index >= 15 is 0 Å². The monoisotopic (exact) mass is 390 g/mol. The van der Waals surface area contributed by atoms with Gasteiger partial charge in [0.1, 0.15) is 5.75 Å². The molecule has 0 saturated carbocycles. The number of benzene rings is 2. The maximum Gasteiger partial charge on any atom is 0.243 e. The number of sulfonamides is 1. The third-order valence-corrected chi connectivity index (χ3v) is 6.07. The molecule has 0 heterocycles. The zero-order valence-electron chi connectivity index (χ0n) is 15.9. The molecule has 0 radical (unpaired) electrons. The summed E-state index contributed by atoms with van der Waals surface area (Å²) in [4.78, 5) is 12.3. The minimum atomic E-state index is -3.73. The van der Waals surface area contributed by atoms with E-state index in [4.69, 9.17) is 4.74 Å². The number of rotatable bonds is 9. The summed E-state index contributed by atoms with van der Waals surface area (Å²) in [6.45, 7) is 1.68. The van der Waals surface area contributed by atoms with Crippen molar-refractivity contribution in [3.8, 4) is 5.75 Å². The fraction of sp³-hybridized carbons (Fsp3) is 0.350. The lowest BCUT2D eigenvalue weighted by Gasteiger charge is -2.19. The maximum absolute atomic E-state index is 12.6. The number of nitrogens with zero attached hydrogens (tertiary/aromatic N) is 1. The highest BCUT2D eigenvalue weighted by Gasteiger charge is 2.23. The summed E-state index contributed by atoms with van der Waals surface area (Å²) in [5.74, 6) is 0.247. The number of likely N-dealkylation sites (N-methyl/N-ethyl adjacent to an activating group) is 1. The minimum absolute atomic E-state index is 0.0465. The SMILES string of the molecule is COc1ccc(S(=O)(=O)N(C)CC(=O)N[C@@H](C)CCc2ccccc2)cc1. The molecule has 6 nitrogen and oxygen atoms in total. The highest BCUT2D eigenvalue weighted by Crippen LogP contribution is 2.18. The zero-order chi connectivity index (χ0) is 19.9. The van der Waals surface area contributed by atoms with Crippen LogP contribution in [-0.4, -0.2) is 45.4 Å². The van der Waals surface area contributed by atoms with Crippen molar-refractivity contribution in [2.45, 2.75) is 30.7 Å². The molecule has 0 fully saturated rings. The molecule has 0 unspecified atom stereocenters. The molecule has 0 aromatic heterocycles. The highest BCUT2D eigenvalue weighted by atomic mass is 32.2. The van der Waals surface area contributed by atoms with Gasteiger partial charge < -0.3 is 10.1 Å². The smallest absolute Gasteiger partial charge is 0.243 e. The van der Waals surface area contributed by atoms with Gasteiger partial charge in [-0.25, -0.2) is 8.42 Å². The second-order valence-corrected chi connectivity index (χ2v) is 8.47. The Bertz CT molecular complexity index is 836. The lowest BCUT2D eigenvalue weighted by molar-refractivity contribution is -0.121. The summed E-state index contributed by atoms with van der Waals surface area (Å²) in [5.41, 5.74) is 1.21. The Hall–Kier alpha value is -2.38. The number of methoxy groups -OCH3 is 1. The molecule has 2 aromatic rings. The molecule has 1 N–H and O–H groups in total. The summed E-state index contributed by atoms with van der Waals surface area (Å²) >= 11 is 0. The Balaban J connectivity index is 1.87. The molecular formula is C20H26N2O4S. The largest absolute Gasteiger partial charge is 0.497 e. The fourth-order valence-corrected chi connectivity index (χ4v) is 3.76. The van der Waals surface area contributed by atoms with Crippen LogP contribution in [0, 0.1) is 0 Å². The number of carbonyl (C=O) groups excluding carboxylic acids is 1. The number of carbonyl (C=O) groups is 1. The van der Waals surface area contributed by atoms with Gasteiger partial charge in [0, 0.05) is 13.1 Å². The van der Waals surface area contributed by atoms with Crippen molar-refractivity contribution in [3.63, 3.8) is 0 Å². The third-order valence-electron chi connectivity index (χ3n) is 4.25. The van der Waals surface area contributed by atoms with Crippen LogP contribution in [-0.2, 0) is 21.2 Å². The quantitative estimate of drug-likeness (QED) is 0.714. The molecular weight excluding hydrogens is 364 g/mol. The second kappa shape index (κ2) is 9.53. The highest BCUT2D eigenvalue weighted by molar-refractivity contribution is 7.89. The number of amides is 1. The van der Waals surface area contributed by atoms with Crippen molar-refractivity contribution >= 4 is 15.9 Å². The summed E-state index contributed by atoms with van der Waals surface area (Å²) in [5, 5.41) is 2.86. The summed E-state index contributed by atoms with van der Waals surface area (Å²) in [6, 6.07) is 16.1. The topological polar surface area (TPSA) is 75.7 Å². The zero-order valence-corrected chi connectivity index (χ0v) is 16.7. The Morgan fingerprint density at radius 3 is 2.33 bits per heavy atom. The predicted molar refractivity (Wildman–Crippen MR) is 105 cm³/mol. The van der Waals surface area contributed by atoms with Crippen LogP contribution in [0.2, 0.25) is 0 Å². The van der Waals surface area contributed by atoms with Gasteiger partial charge in [-0.1, -0.05) is 30.3 Å². The molecule has 1 atom stereocenters. The fourth-order valence-electron chi connectivity index (χ4n) is 2.64. The molecule has 2 rings (SSSR count). The first kappa shape index (κ1) is 20.9. The van der Waals surface area contributed by atoms with Crippen molar-refractivity contribution in [1.82, 2.24) is 9.62 Å². The Labute approximate surface area is 161 Å². The molecule has 0 bridgehead atoms. The van der Waals surface area contributed by atoms with Crippen molar-refractivity contribution in [1.29, 1.82) is 0 Å². The lowest BCUT2D eigenvalue weighted by Crippen LogP contribution is -2.41. The molecule has 0 saturated heterocycles. The molecule has 1 amide bonds. The van der Waals surface area contributed by atoms with E-state index in [0.29, 0.717) is 5.75 Å². The lowest BCUT2D eigenvalue weighted by atomic mass is 10.1. The summed E-state index contributed by atoms with van der Waals surface area (Å²) in [6.07, 6.45) is 1.63. The van der Waals surface area contributed by atoms with E-state index < -0.39 is 10.0 Å². The van der Waals surface area contributed by atoms with Crippen molar-refractivity contribution in [2.75, 3.05) is 20.7 Å². The Kier molecular flexibility index (Phi) is 7.38. The van der Waals surface area contributed by atoms with Crippen LogP contribution in [0.1, 0.15) is 18.9 Å². The van der Waals surface area contributed by atoms with Crippen LogP contribution in [0.4, 0.5) is 0 Å². The van der Waals surface area contributed by atoms with Gasteiger partial charge in [-0.3, -0.25) is 4.79 Å². The summed E-state index contributed by atoms with van der Waals surface area (Å²) < 4.78 is 31.2. The van der Waals surface area contributed by atoms with Gasteiger partial charge in [0.2, 0.25) is 15.9 Å². The van der Waals surface area contributed by atoms with E-state index in [-0.39, 0.29) is 23.4 Å². The van der Waals surface area contributed by atoms with Crippen LogP contribution < -0.4 is 10.1 Å². The molecule has 146 valence electrons. The number of ether oxygens (including phenoxy) is 1. The van der Waals surface area contributed by atoms with Gasteiger partial charge in [-0.2, -0.15) is 4.31 Å². The van der Waals surface area contributed by atoms with Crippen LogP contribution in [0.5, 0.6) is 5.75 Å². The molecule has 0 aliphatic carbocycles. The first-order valence-electron chi connectivity index (χ1n) is 8.76. The molecule has 7 heteroatoms. The van der Waals surface area contributed by atoms with Crippen molar-refractivity contribution < 1.29 is 17.9 Å². The molecule has 0 aliphatic heterocycles. The predicted octanol–water partition coefficient (Wildman–Crippen LogP) is 2.45. The second-order valence-electron chi connectivity index (χ2n) is 6.43. The molecule has 0 aliphatic rings. The minimum Gasteiger partial charge on any atom is -0.497 e. The standard InChI is InChI=1S/C20H26N2O4S/c1-16(9-10-17-7-5-4-6-8-17)21-20(23)15-22(2)27(24,25)19-13-11-18(26-3)12-14-19/h4-8,11-14,16H,9-10,15H2,1-3H3,(H,21,23)/t16-/m0/s1. The first-order valence-corrected chi connectivity index (χ1v) is 10.2. The summed E-state index contributed by atoms with van der Waals surface area (Å²) in [7, 11) is -0.824. The van der Waals surface area contributed by atoms with E-state index in [1.807, 2.05) is 37.3 Å². The average molecular weight is 391 g/mol. The van der Waals surface area contributed by atoms with Crippen molar-refractivity contribution in [2.24, 2.45) is 0 Å². The van der Waals surface area contributed by atoms with Crippen LogP contribution in [0.3, 0.4) is 0 Å². The van der Waals surface area contributed by atoms with E-state index in [0.717, 1.165) is 17.1 Å². The molecule has 2 aromatic carbocycles. The molecule has 0 spiro atoms. The van der Waals surface area contributed by atoms with E-state index in [1.165, 1.54) is 31.9 Å². The average Bonchev–Trinajstić information content (AvgIpc) is 2.67. The van der Waals surface area contributed by atoms with Crippen LogP contribution in [0.15, 0.2) is 59.5 Å². The van der Waals surface area contributed by atoms with Gasteiger partial charge in [0.25, 0.3) is 0 Å². The Morgan fingerprint density at radius 1 is 1.11 bits per heavy atom. The number of nitrogens with one attached hydrogen (secondary N) is 1. The molecule has 27 heavy (non-hydrogen) atoms. The maximum atomic E-state index is 12.6. The van der Waals surface area contributed by atoms with E-state index in [2.05, 4.69) is 5.32 Å². The number of hydrogen-bond acceptors (Lipinski definition) is 4. The van der Waals surface area contributed by atoms with E-state index in [9.17, 15) is 13.2 Å². The van der Waals surface area contributed by atoms with Crippen molar-refractivity contribution in [3.05, 3.63) is 60.2 Å². The van der Waals surface area contributed by atoms with E-state index in [1.54, 1.807) is 12.1 Å². The van der Waals surface area contributed by atoms with Gasteiger partial charge in [-0.05, 0) is 49.6 Å². The normalized spacial score (nSPS) is 12.6. The van der Waals surface area contributed by atoms with Crippen LogP contribution in [0.25, 0.3) is 0 Å². The van der Waals surface area contributed by atoms with Gasteiger partial charge in [0.05, 0.1) is 18.6 Å². The number of aryl methyl sites for hydroxylation is 1.